The van der Waals surface area contributed by atoms with Gasteiger partial charge in [-0.05, 0) is 12.1 Å². The number of nitrogens with zero attached hydrogens (tertiary/aromatic N) is 1. The highest BCUT2D eigenvalue weighted by molar-refractivity contribution is 6.06. The Morgan fingerprint density at radius 3 is 2.17 bits per heavy atom. The molecule has 0 radical (unpaired) electrons. The number of aliphatic carboxylic acids is 2. The van der Waals surface area contributed by atoms with Crippen molar-refractivity contribution in [1.29, 1.82) is 0 Å². The molecule has 1 amide bonds. The number of rotatable bonds is 4. The van der Waals surface area contributed by atoms with Crippen LogP contribution in [-0.2, 0) is 19.9 Å². The monoisotopic (exact) mass is 256 g/mol. The molecule has 0 unspecified atom stereocenters. The van der Waals surface area contributed by atoms with E-state index in [-0.39, 0.29) is 0 Å². The van der Waals surface area contributed by atoms with Gasteiger partial charge < -0.3 is 15.5 Å². The van der Waals surface area contributed by atoms with E-state index in [2.05, 4.69) is 4.98 Å². The van der Waals surface area contributed by atoms with Gasteiger partial charge in [-0.2, -0.15) is 0 Å². The second-order valence-corrected chi connectivity index (χ2v) is 3.40. The zero-order valence-electron chi connectivity index (χ0n) is 9.18. The summed E-state index contributed by atoms with van der Waals surface area (Å²) < 4.78 is 12.7. The van der Waals surface area contributed by atoms with Gasteiger partial charge in [0.05, 0.1) is 11.9 Å². The molecule has 0 aliphatic heterocycles. The van der Waals surface area contributed by atoms with Crippen LogP contribution in [0.4, 0.5) is 4.39 Å². The first-order valence-electron chi connectivity index (χ1n) is 4.68. The van der Waals surface area contributed by atoms with E-state index in [0.717, 1.165) is 19.1 Å². The van der Waals surface area contributed by atoms with Gasteiger partial charge in [0, 0.05) is 6.92 Å². The SMILES string of the molecule is CC(=O)NC(C(=O)O)(C(=O)O)c1ccc(F)cn1. The van der Waals surface area contributed by atoms with Crippen molar-refractivity contribution in [2.24, 2.45) is 0 Å². The normalized spacial score (nSPS) is 10.8. The molecule has 0 saturated carbocycles. The molecule has 0 fully saturated rings. The molecule has 0 saturated heterocycles. The van der Waals surface area contributed by atoms with Crippen LogP contribution in [0.15, 0.2) is 18.3 Å². The minimum atomic E-state index is -2.74. The van der Waals surface area contributed by atoms with Crippen molar-refractivity contribution in [2.75, 3.05) is 0 Å². The van der Waals surface area contributed by atoms with Crippen LogP contribution in [0.5, 0.6) is 0 Å². The second-order valence-electron chi connectivity index (χ2n) is 3.40. The van der Waals surface area contributed by atoms with E-state index in [0.29, 0.717) is 6.20 Å². The first kappa shape index (κ1) is 13.6. The quantitative estimate of drug-likeness (QED) is 0.638. The van der Waals surface area contributed by atoms with Crippen molar-refractivity contribution in [2.45, 2.75) is 12.5 Å². The third-order valence-electron chi connectivity index (χ3n) is 2.12. The van der Waals surface area contributed by atoms with Gasteiger partial charge in [0.1, 0.15) is 5.82 Å². The summed E-state index contributed by atoms with van der Waals surface area (Å²) in [6.07, 6.45) is 0.664. The average Bonchev–Trinajstić information content (AvgIpc) is 2.26. The summed E-state index contributed by atoms with van der Waals surface area (Å²) in [5.74, 6) is -5.29. The molecule has 3 N–H and O–H groups in total. The van der Waals surface area contributed by atoms with Crippen LogP contribution < -0.4 is 5.32 Å². The highest BCUT2D eigenvalue weighted by Crippen LogP contribution is 2.20. The number of hydrogen-bond donors (Lipinski definition) is 3. The lowest BCUT2D eigenvalue weighted by molar-refractivity contribution is -0.162. The summed E-state index contributed by atoms with van der Waals surface area (Å²) >= 11 is 0. The third kappa shape index (κ3) is 2.26. The Morgan fingerprint density at radius 1 is 1.28 bits per heavy atom. The Bertz CT molecular complexity index is 485. The molecule has 18 heavy (non-hydrogen) atoms. The summed E-state index contributed by atoms with van der Waals surface area (Å²) in [6.45, 7) is 0.962. The highest BCUT2D eigenvalue weighted by atomic mass is 19.1. The Labute approximate surface area is 100 Å². The van der Waals surface area contributed by atoms with Gasteiger partial charge in [0.15, 0.2) is 0 Å². The van der Waals surface area contributed by atoms with E-state index in [4.69, 9.17) is 10.2 Å². The Morgan fingerprint density at radius 2 is 1.83 bits per heavy atom. The minimum absolute atomic E-state index is 0.501. The number of amides is 1. The Hall–Kier alpha value is -2.51. The fourth-order valence-corrected chi connectivity index (χ4v) is 1.34. The van der Waals surface area contributed by atoms with Gasteiger partial charge in [-0.1, -0.05) is 0 Å². The lowest BCUT2D eigenvalue weighted by Crippen LogP contribution is -2.57. The Kier molecular flexibility index (Phi) is 3.60. The maximum Gasteiger partial charge on any atom is 0.347 e. The molecule has 1 aromatic heterocycles. The summed E-state index contributed by atoms with van der Waals surface area (Å²) in [4.78, 5) is 36.7. The largest absolute Gasteiger partial charge is 0.479 e. The topological polar surface area (TPSA) is 117 Å². The van der Waals surface area contributed by atoms with Crippen molar-refractivity contribution in [3.63, 3.8) is 0 Å². The smallest absolute Gasteiger partial charge is 0.347 e. The number of carboxylic acid groups (broad SMARTS) is 2. The summed E-state index contributed by atoms with van der Waals surface area (Å²) in [5.41, 5.74) is -3.24. The molecule has 8 heteroatoms. The fourth-order valence-electron chi connectivity index (χ4n) is 1.34. The van der Waals surface area contributed by atoms with Crippen molar-refractivity contribution in [3.05, 3.63) is 29.8 Å². The number of carbonyl (C=O) groups excluding carboxylic acids is 1. The zero-order chi connectivity index (χ0) is 13.9. The van der Waals surface area contributed by atoms with Gasteiger partial charge in [-0.15, -0.1) is 0 Å². The molecule has 0 aliphatic rings. The predicted molar refractivity (Wildman–Crippen MR) is 55.0 cm³/mol. The van der Waals surface area contributed by atoms with E-state index in [1.807, 2.05) is 0 Å². The zero-order valence-corrected chi connectivity index (χ0v) is 9.18. The Balaban J connectivity index is 3.43. The van der Waals surface area contributed by atoms with E-state index >= 15 is 0 Å². The van der Waals surface area contributed by atoms with Crippen LogP contribution in [0.25, 0.3) is 0 Å². The second kappa shape index (κ2) is 4.78. The number of carboxylic acids is 2. The number of carbonyl (C=O) groups is 3. The molecule has 0 bridgehead atoms. The number of halogens is 1. The first-order valence-corrected chi connectivity index (χ1v) is 4.68. The number of aromatic nitrogens is 1. The highest BCUT2D eigenvalue weighted by Gasteiger charge is 2.51. The van der Waals surface area contributed by atoms with Crippen LogP contribution >= 0.6 is 0 Å². The summed E-state index contributed by atoms with van der Waals surface area (Å²) in [7, 11) is 0. The number of nitrogens with one attached hydrogen (secondary N) is 1. The standard InChI is InChI=1S/C10H9FN2O5/c1-5(14)13-10(8(15)16,9(17)18)7-3-2-6(11)4-12-7/h2-4H,1H3,(H,13,14)(H,15,16)(H,17,18). The molecule has 0 spiro atoms. The molecule has 1 heterocycles. The van der Waals surface area contributed by atoms with Gasteiger partial charge in [0.2, 0.25) is 5.91 Å². The number of hydrogen-bond acceptors (Lipinski definition) is 4. The van der Waals surface area contributed by atoms with Gasteiger partial charge >= 0.3 is 11.9 Å². The van der Waals surface area contributed by atoms with Crippen LogP contribution in [0.1, 0.15) is 12.6 Å². The van der Waals surface area contributed by atoms with E-state index < -0.39 is 34.9 Å². The van der Waals surface area contributed by atoms with Crippen LogP contribution in [-0.4, -0.2) is 33.0 Å². The van der Waals surface area contributed by atoms with Crippen LogP contribution in [0, 0.1) is 5.82 Å². The number of pyridine rings is 1. The molecule has 0 aliphatic carbocycles. The van der Waals surface area contributed by atoms with Crippen molar-refractivity contribution in [3.8, 4) is 0 Å². The predicted octanol–water partition coefficient (Wildman–Crippen LogP) is -0.279. The molecular weight excluding hydrogens is 247 g/mol. The van der Waals surface area contributed by atoms with E-state index in [9.17, 15) is 18.8 Å². The molecule has 7 nitrogen and oxygen atoms in total. The average molecular weight is 256 g/mol. The van der Waals surface area contributed by atoms with Gasteiger partial charge in [0.25, 0.3) is 5.54 Å². The van der Waals surface area contributed by atoms with Gasteiger partial charge in [-0.3, -0.25) is 9.78 Å². The molecule has 1 rings (SSSR count). The molecular formula is C10H9FN2O5. The first-order chi connectivity index (χ1) is 8.30. The molecule has 96 valence electrons. The minimum Gasteiger partial charge on any atom is -0.479 e. The van der Waals surface area contributed by atoms with E-state index in [1.165, 1.54) is 0 Å². The van der Waals surface area contributed by atoms with Crippen molar-refractivity contribution in [1.82, 2.24) is 10.3 Å². The maximum absolute atomic E-state index is 12.7. The third-order valence-corrected chi connectivity index (χ3v) is 2.12. The summed E-state index contributed by atoms with van der Waals surface area (Å²) in [6, 6.07) is 1.73. The maximum atomic E-state index is 12.7. The molecule has 0 atom stereocenters. The molecule has 1 aromatic rings. The van der Waals surface area contributed by atoms with Gasteiger partial charge in [-0.25, -0.2) is 14.0 Å². The summed E-state index contributed by atoms with van der Waals surface area (Å²) in [5, 5.41) is 19.9. The molecule has 0 aromatic carbocycles. The fraction of sp³-hybridized carbons (Fsp3) is 0.200. The lowest BCUT2D eigenvalue weighted by atomic mass is 9.94. The van der Waals surface area contributed by atoms with Crippen molar-refractivity contribution < 1.29 is 29.0 Å². The van der Waals surface area contributed by atoms with Crippen molar-refractivity contribution >= 4 is 17.8 Å². The van der Waals surface area contributed by atoms with E-state index in [1.54, 1.807) is 5.32 Å². The van der Waals surface area contributed by atoms with Crippen LogP contribution in [0.2, 0.25) is 0 Å². The van der Waals surface area contributed by atoms with Crippen LogP contribution in [0.3, 0.4) is 0 Å². The lowest BCUT2D eigenvalue weighted by Gasteiger charge is -2.24.